The third kappa shape index (κ3) is 1.49. The molecule has 0 atom stereocenters. The van der Waals surface area contributed by atoms with Crippen molar-refractivity contribution in [1.82, 2.24) is 5.32 Å². The van der Waals surface area contributed by atoms with Crippen molar-refractivity contribution < 1.29 is 4.74 Å². The van der Waals surface area contributed by atoms with Gasteiger partial charge in [0.05, 0.1) is 5.70 Å². The molecule has 0 radical (unpaired) electrons. The van der Waals surface area contributed by atoms with E-state index < -0.39 is 0 Å². The number of allylic oxidation sites excluding steroid dienone is 3. The van der Waals surface area contributed by atoms with Gasteiger partial charge in [0.15, 0.2) is 0 Å². The third-order valence-corrected chi connectivity index (χ3v) is 1.91. The van der Waals surface area contributed by atoms with E-state index in [4.69, 9.17) is 4.74 Å². The standard InChI is InChI=1S/C9H12N2O/c1-2-4-8-9(11-5-3-1)12-7-6-10-8/h1,3,5,10H,2,4,6-7H2. The molecule has 0 unspecified atom stereocenters. The fourth-order valence-corrected chi connectivity index (χ4v) is 1.32. The van der Waals surface area contributed by atoms with Crippen molar-refractivity contribution in [3.63, 3.8) is 0 Å². The van der Waals surface area contributed by atoms with Gasteiger partial charge < -0.3 is 10.1 Å². The summed E-state index contributed by atoms with van der Waals surface area (Å²) in [4.78, 5) is 4.19. The van der Waals surface area contributed by atoms with Crippen LogP contribution in [0.3, 0.4) is 0 Å². The van der Waals surface area contributed by atoms with Gasteiger partial charge in [0.2, 0.25) is 5.88 Å². The molecule has 0 fully saturated rings. The highest BCUT2D eigenvalue weighted by molar-refractivity contribution is 5.72. The van der Waals surface area contributed by atoms with E-state index in [1.807, 2.05) is 6.08 Å². The Morgan fingerprint density at radius 3 is 3.50 bits per heavy atom. The molecule has 12 heavy (non-hydrogen) atoms. The Morgan fingerprint density at radius 1 is 1.50 bits per heavy atom. The van der Waals surface area contributed by atoms with Crippen LogP contribution in [0.25, 0.3) is 0 Å². The van der Waals surface area contributed by atoms with Crippen molar-refractivity contribution in [2.75, 3.05) is 13.2 Å². The molecule has 64 valence electrons. The van der Waals surface area contributed by atoms with E-state index in [-0.39, 0.29) is 0 Å². The molecular weight excluding hydrogens is 152 g/mol. The fourth-order valence-electron chi connectivity index (χ4n) is 1.32. The van der Waals surface area contributed by atoms with Crippen LogP contribution in [0.2, 0.25) is 0 Å². The van der Waals surface area contributed by atoms with Gasteiger partial charge in [-0.2, -0.15) is 0 Å². The fraction of sp³-hybridized carbons (Fsp3) is 0.444. The van der Waals surface area contributed by atoms with Gasteiger partial charge in [0.25, 0.3) is 0 Å². The van der Waals surface area contributed by atoms with E-state index in [2.05, 4.69) is 16.4 Å². The zero-order chi connectivity index (χ0) is 8.23. The van der Waals surface area contributed by atoms with Crippen molar-refractivity contribution in [3.05, 3.63) is 23.7 Å². The summed E-state index contributed by atoms with van der Waals surface area (Å²) in [6.07, 6.45) is 7.91. The van der Waals surface area contributed by atoms with Gasteiger partial charge in [-0.3, -0.25) is 0 Å². The van der Waals surface area contributed by atoms with Crippen LogP contribution in [-0.2, 0) is 4.74 Å². The zero-order valence-corrected chi connectivity index (χ0v) is 6.92. The summed E-state index contributed by atoms with van der Waals surface area (Å²) < 4.78 is 5.40. The summed E-state index contributed by atoms with van der Waals surface area (Å²) in [5.41, 5.74) is 1.14. The first-order valence-corrected chi connectivity index (χ1v) is 4.26. The second-order valence-corrected chi connectivity index (χ2v) is 2.80. The SMILES string of the molecule is C1=CCCC2=C(N=C1)OCCN2. The second-order valence-electron chi connectivity index (χ2n) is 2.80. The highest BCUT2D eigenvalue weighted by Gasteiger charge is 2.11. The van der Waals surface area contributed by atoms with Gasteiger partial charge in [-0.1, -0.05) is 6.08 Å². The molecule has 2 heterocycles. The highest BCUT2D eigenvalue weighted by atomic mass is 16.5. The summed E-state index contributed by atoms with van der Waals surface area (Å²) in [6, 6.07) is 0. The Balaban J connectivity index is 2.22. The van der Waals surface area contributed by atoms with Crippen molar-refractivity contribution in [3.8, 4) is 0 Å². The van der Waals surface area contributed by atoms with Gasteiger partial charge in [-0.05, 0) is 18.9 Å². The first-order valence-electron chi connectivity index (χ1n) is 4.26. The van der Waals surface area contributed by atoms with Gasteiger partial charge in [0.1, 0.15) is 6.61 Å². The van der Waals surface area contributed by atoms with Gasteiger partial charge in [-0.15, -0.1) is 0 Å². The topological polar surface area (TPSA) is 33.6 Å². The Morgan fingerprint density at radius 2 is 2.50 bits per heavy atom. The van der Waals surface area contributed by atoms with Crippen molar-refractivity contribution in [2.24, 2.45) is 4.99 Å². The lowest BCUT2D eigenvalue weighted by molar-refractivity contribution is 0.187. The third-order valence-electron chi connectivity index (χ3n) is 1.91. The molecule has 0 aromatic carbocycles. The van der Waals surface area contributed by atoms with E-state index in [0.717, 1.165) is 37.6 Å². The van der Waals surface area contributed by atoms with Crippen LogP contribution in [0.4, 0.5) is 0 Å². The molecule has 3 nitrogen and oxygen atoms in total. The Labute approximate surface area is 71.8 Å². The molecule has 0 aliphatic carbocycles. The maximum Gasteiger partial charge on any atom is 0.233 e. The maximum atomic E-state index is 5.40. The Kier molecular flexibility index (Phi) is 2.12. The minimum absolute atomic E-state index is 0.722. The Hall–Kier alpha value is -1.25. The van der Waals surface area contributed by atoms with Crippen LogP contribution in [0.5, 0.6) is 0 Å². The van der Waals surface area contributed by atoms with Crippen LogP contribution in [-0.4, -0.2) is 19.4 Å². The summed E-state index contributed by atoms with van der Waals surface area (Å²) >= 11 is 0. The quantitative estimate of drug-likeness (QED) is 0.583. The first kappa shape index (κ1) is 7.40. The van der Waals surface area contributed by atoms with Crippen LogP contribution < -0.4 is 5.32 Å². The van der Waals surface area contributed by atoms with E-state index in [9.17, 15) is 0 Å². The lowest BCUT2D eigenvalue weighted by Crippen LogP contribution is -2.26. The molecule has 2 aliphatic rings. The predicted octanol–water partition coefficient (Wildman–Crippen LogP) is 1.20. The van der Waals surface area contributed by atoms with Crippen molar-refractivity contribution in [2.45, 2.75) is 12.8 Å². The molecule has 0 saturated carbocycles. The zero-order valence-electron chi connectivity index (χ0n) is 6.92. The largest absolute Gasteiger partial charge is 0.475 e. The summed E-state index contributed by atoms with van der Waals surface area (Å²) in [6.45, 7) is 1.62. The predicted molar refractivity (Wildman–Crippen MR) is 47.8 cm³/mol. The monoisotopic (exact) mass is 164 g/mol. The molecule has 2 rings (SSSR count). The molecule has 0 bridgehead atoms. The molecule has 0 saturated heterocycles. The van der Waals surface area contributed by atoms with Crippen LogP contribution >= 0.6 is 0 Å². The number of ether oxygens (including phenoxy) is 1. The lowest BCUT2D eigenvalue weighted by Gasteiger charge is -2.20. The molecular formula is C9H12N2O. The van der Waals surface area contributed by atoms with Gasteiger partial charge in [-0.25, -0.2) is 4.99 Å². The summed E-state index contributed by atoms with van der Waals surface area (Å²) in [5, 5.41) is 3.30. The van der Waals surface area contributed by atoms with Crippen LogP contribution in [0.1, 0.15) is 12.8 Å². The Bertz CT molecular complexity index is 253. The van der Waals surface area contributed by atoms with Crippen molar-refractivity contribution >= 4 is 6.21 Å². The average Bonchev–Trinajstić information content (AvgIpc) is 2.06. The van der Waals surface area contributed by atoms with Gasteiger partial charge in [0, 0.05) is 12.8 Å². The van der Waals surface area contributed by atoms with Crippen LogP contribution in [0, 0.1) is 0 Å². The van der Waals surface area contributed by atoms with Gasteiger partial charge >= 0.3 is 0 Å². The molecule has 0 spiro atoms. The molecule has 0 aromatic rings. The minimum atomic E-state index is 0.722. The summed E-state index contributed by atoms with van der Waals surface area (Å²) in [5.74, 6) is 0.769. The smallest absolute Gasteiger partial charge is 0.233 e. The number of aliphatic imine (C=N–C) groups is 1. The van der Waals surface area contributed by atoms with Crippen LogP contribution in [0.15, 0.2) is 28.7 Å². The highest BCUT2D eigenvalue weighted by Crippen LogP contribution is 2.15. The normalized spacial score (nSPS) is 22.0. The molecule has 2 aliphatic heterocycles. The minimum Gasteiger partial charge on any atom is -0.475 e. The molecule has 0 amide bonds. The number of hydrogen-bond donors (Lipinski definition) is 1. The molecule has 1 N–H and O–H groups in total. The van der Waals surface area contributed by atoms with E-state index in [0.29, 0.717) is 0 Å². The van der Waals surface area contributed by atoms with E-state index >= 15 is 0 Å². The summed E-state index contributed by atoms with van der Waals surface area (Å²) in [7, 11) is 0. The average molecular weight is 164 g/mol. The maximum absolute atomic E-state index is 5.40. The number of rotatable bonds is 0. The lowest BCUT2D eigenvalue weighted by atomic mass is 10.2. The molecule has 0 aromatic heterocycles. The van der Waals surface area contributed by atoms with E-state index in [1.165, 1.54) is 0 Å². The van der Waals surface area contributed by atoms with E-state index in [1.54, 1.807) is 6.21 Å². The second kappa shape index (κ2) is 3.43. The van der Waals surface area contributed by atoms with Crippen molar-refractivity contribution in [1.29, 1.82) is 0 Å². The number of hydrogen-bond acceptors (Lipinski definition) is 3. The first-order chi connectivity index (χ1) is 5.97. The number of nitrogens with one attached hydrogen (secondary N) is 1. The molecule has 3 heteroatoms. The number of nitrogens with zero attached hydrogens (tertiary/aromatic N) is 1.